The zero-order valence-electron chi connectivity index (χ0n) is 19.0. The first kappa shape index (κ1) is 21.7. The fourth-order valence-electron chi connectivity index (χ4n) is 7.98. The quantitative estimate of drug-likeness (QED) is 0.644. The number of hydrogen-bond acceptors (Lipinski definition) is 5. The van der Waals surface area contributed by atoms with Gasteiger partial charge in [-0.3, -0.25) is 14.4 Å². The van der Waals surface area contributed by atoms with E-state index in [-0.39, 0.29) is 40.5 Å². The number of ether oxygens (including phenoxy) is 2. The molecule has 30 heavy (non-hydrogen) atoms. The predicted molar refractivity (Wildman–Crippen MR) is 113 cm³/mol. The summed E-state index contributed by atoms with van der Waals surface area (Å²) in [6, 6.07) is 0. The van der Waals surface area contributed by atoms with E-state index in [4.69, 9.17) is 9.47 Å². The number of Topliss-reactive ketones (excluding diaryl/α,β-unsaturated/α-hetero) is 1. The van der Waals surface area contributed by atoms with Crippen LogP contribution in [0.2, 0.25) is 0 Å². The predicted octanol–water partition coefficient (Wildman–Crippen LogP) is 4.14. The highest BCUT2D eigenvalue weighted by Gasteiger charge is 2.64. The lowest BCUT2D eigenvalue weighted by Crippen LogP contribution is -2.55. The third kappa shape index (κ3) is 3.11. The summed E-state index contributed by atoms with van der Waals surface area (Å²) < 4.78 is 11.1. The van der Waals surface area contributed by atoms with Crippen LogP contribution in [0.3, 0.4) is 0 Å². The van der Waals surface area contributed by atoms with E-state index >= 15 is 0 Å². The van der Waals surface area contributed by atoms with E-state index in [0.29, 0.717) is 43.0 Å². The lowest BCUT2D eigenvalue weighted by Gasteiger charge is -2.60. The van der Waals surface area contributed by atoms with Crippen molar-refractivity contribution in [1.82, 2.24) is 0 Å². The molecule has 0 aromatic carbocycles. The van der Waals surface area contributed by atoms with E-state index < -0.39 is 0 Å². The molecule has 0 aromatic rings. The maximum Gasteiger partial charge on any atom is 0.302 e. The zero-order chi connectivity index (χ0) is 21.8. The monoisotopic (exact) mass is 416 g/mol. The molecule has 8 atom stereocenters. The van der Waals surface area contributed by atoms with Gasteiger partial charge in [-0.2, -0.15) is 0 Å². The molecule has 5 nitrogen and oxygen atoms in total. The van der Waals surface area contributed by atoms with Gasteiger partial charge in [0.1, 0.15) is 11.9 Å². The molecule has 3 fully saturated rings. The highest BCUT2D eigenvalue weighted by molar-refractivity contribution is 5.92. The molecule has 0 spiro atoms. The SMILES string of the molecule is COC[C@H](OC(C)=O)[C@H]1CC(=O)[C@@]2(C)CC[C@H]3[C@@H](CC[C@H]4CC(=O)C=C(C)[C@@]43C)[C@H]12. The Balaban J connectivity index is 1.72. The van der Waals surface area contributed by atoms with E-state index in [0.717, 1.165) is 25.7 Å². The molecular formula is C25H36O5. The molecule has 0 heterocycles. The normalized spacial score (nSPS) is 43.9. The van der Waals surface area contributed by atoms with Crippen LogP contribution in [0.1, 0.15) is 66.2 Å². The molecule has 4 aliphatic rings. The lowest BCUT2D eigenvalue weighted by molar-refractivity contribution is -0.159. The molecular weight excluding hydrogens is 380 g/mol. The Labute approximate surface area is 179 Å². The second-order valence-corrected chi connectivity index (χ2v) is 10.7. The molecule has 5 heteroatoms. The van der Waals surface area contributed by atoms with Crippen molar-refractivity contribution in [3.05, 3.63) is 11.6 Å². The molecule has 0 N–H and O–H groups in total. The average molecular weight is 417 g/mol. The summed E-state index contributed by atoms with van der Waals surface area (Å²) in [5.74, 6) is 1.76. The maximum absolute atomic E-state index is 13.2. The lowest BCUT2D eigenvalue weighted by atomic mass is 9.44. The maximum atomic E-state index is 13.2. The molecule has 0 aliphatic heterocycles. The van der Waals surface area contributed by atoms with Crippen LogP contribution in [0, 0.1) is 40.4 Å². The number of fused-ring (bicyclic) bond motifs is 5. The first-order chi connectivity index (χ1) is 14.1. The third-order valence-corrected chi connectivity index (χ3v) is 9.48. The summed E-state index contributed by atoms with van der Waals surface area (Å²) >= 11 is 0. The van der Waals surface area contributed by atoms with Crippen molar-refractivity contribution in [3.8, 4) is 0 Å². The van der Waals surface area contributed by atoms with E-state index in [1.54, 1.807) is 7.11 Å². The smallest absolute Gasteiger partial charge is 0.302 e. The van der Waals surface area contributed by atoms with Gasteiger partial charge in [-0.15, -0.1) is 0 Å². The molecule has 4 aliphatic carbocycles. The van der Waals surface area contributed by atoms with Crippen LogP contribution in [0.25, 0.3) is 0 Å². The topological polar surface area (TPSA) is 69.7 Å². The van der Waals surface area contributed by atoms with Crippen LogP contribution in [-0.4, -0.2) is 37.4 Å². The van der Waals surface area contributed by atoms with E-state index in [2.05, 4.69) is 20.8 Å². The summed E-state index contributed by atoms with van der Waals surface area (Å²) in [6.45, 7) is 8.40. The van der Waals surface area contributed by atoms with Gasteiger partial charge in [0.15, 0.2) is 5.78 Å². The van der Waals surface area contributed by atoms with Gasteiger partial charge in [0.05, 0.1) is 6.61 Å². The highest BCUT2D eigenvalue weighted by Crippen LogP contribution is 2.67. The van der Waals surface area contributed by atoms with Crippen LogP contribution < -0.4 is 0 Å². The first-order valence-corrected chi connectivity index (χ1v) is 11.5. The minimum atomic E-state index is -0.378. The summed E-state index contributed by atoms with van der Waals surface area (Å²) in [5, 5.41) is 0. The van der Waals surface area contributed by atoms with Crippen LogP contribution >= 0.6 is 0 Å². The minimum Gasteiger partial charge on any atom is -0.460 e. The molecule has 0 bridgehead atoms. The second kappa shape index (κ2) is 7.58. The van der Waals surface area contributed by atoms with Crippen molar-refractivity contribution in [2.75, 3.05) is 13.7 Å². The van der Waals surface area contributed by atoms with Gasteiger partial charge in [0.2, 0.25) is 0 Å². The first-order valence-electron chi connectivity index (χ1n) is 11.5. The van der Waals surface area contributed by atoms with Crippen molar-refractivity contribution in [2.24, 2.45) is 40.4 Å². The number of ketones is 2. The van der Waals surface area contributed by atoms with Gasteiger partial charge in [0, 0.05) is 38.2 Å². The number of hydrogen-bond donors (Lipinski definition) is 0. The second-order valence-electron chi connectivity index (χ2n) is 10.7. The Bertz CT molecular complexity index is 784. The minimum absolute atomic E-state index is 0.00816. The van der Waals surface area contributed by atoms with Crippen molar-refractivity contribution >= 4 is 17.5 Å². The molecule has 4 rings (SSSR count). The fraction of sp³-hybridized carbons (Fsp3) is 0.800. The largest absolute Gasteiger partial charge is 0.460 e. The number of methoxy groups -OCH3 is 1. The van der Waals surface area contributed by atoms with E-state index in [9.17, 15) is 14.4 Å². The number of rotatable bonds is 4. The Morgan fingerprint density at radius 3 is 2.60 bits per heavy atom. The Hall–Kier alpha value is -1.49. The van der Waals surface area contributed by atoms with Gasteiger partial charge in [-0.25, -0.2) is 0 Å². The third-order valence-electron chi connectivity index (χ3n) is 9.48. The van der Waals surface area contributed by atoms with Crippen LogP contribution in [0.15, 0.2) is 11.6 Å². The molecule has 0 radical (unpaired) electrons. The number of carbonyl (C=O) groups excluding carboxylic acids is 3. The van der Waals surface area contributed by atoms with Crippen molar-refractivity contribution in [3.63, 3.8) is 0 Å². The molecule has 0 aromatic heterocycles. The summed E-state index contributed by atoms with van der Waals surface area (Å²) in [5.41, 5.74) is 0.895. The number of carbonyl (C=O) groups is 3. The zero-order valence-corrected chi connectivity index (χ0v) is 19.0. The molecule has 0 saturated heterocycles. The molecule has 0 unspecified atom stereocenters. The highest BCUT2D eigenvalue weighted by atomic mass is 16.6. The van der Waals surface area contributed by atoms with Gasteiger partial charge < -0.3 is 9.47 Å². The Morgan fingerprint density at radius 2 is 1.93 bits per heavy atom. The van der Waals surface area contributed by atoms with Gasteiger partial charge in [-0.1, -0.05) is 19.4 Å². The van der Waals surface area contributed by atoms with Crippen molar-refractivity contribution < 1.29 is 23.9 Å². The van der Waals surface area contributed by atoms with Crippen LogP contribution in [0.4, 0.5) is 0 Å². The van der Waals surface area contributed by atoms with Crippen molar-refractivity contribution in [1.29, 1.82) is 0 Å². The van der Waals surface area contributed by atoms with Gasteiger partial charge in [0.25, 0.3) is 0 Å². The van der Waals surface area contributed by atoms with Gasteiger partial charge >= 0.3 is 5.97 Å². The number of esters is 1. The summed E-state index contributed by atoms with van der Waals surface area (Å²) in [4.78, 5) is 37.3. The molecule has 3 saturated carbocycles. The Kier molecular flexibility index (Phi) is 5.49. The van der Waals surface area contributed by atoms with E-state index in [1.165, 1.54) is 12.5 Å². The van der Waals surface area contributed by atoms with Crippen LogP contribution in [0.5, 0.6) is 0 Å². The standard InChI is InChI=1S/C25H36O5/c1-14-10-17(27)11-16-6-7-18-20(25(14,16)4)8-9-24(3)22(28)12-19(23(18)24)21(13-29-5)30-15(2)26/h10,16,18-21,23H,6-9,11-13H2,1-5H3/t16-,18+,19+,20-,21-,23+,24+,25-/m0/s1. The summed E-state index contributed by atoms with van der Waals surface area (Å²) in [6.07, 6.45) is 6.62. The van der Waals surface area contributed by atoms with Gasteiger partial charge in [-0.05, 0) is 67.8 Å². The van der Waals surface area contributed by atoms with Crippen LogP contribution in [-0.2, 0) is 23.9 Å². The number of allylic oxidation sites excluding steroid dienone is 2. The van der Waals surface area contributed by atoms with Crippen molar-refractivity contribution in [2.45, 2.75) is 72.3 Å². The average Bonchev–Trinajstić information content (AvgIpc) is 2.94. The molecule has 0 amide bonds. The van der Waals surface area contributed by atoms with E-state index in [1.807, 2.05) is 6.08 Å². The molecule has 166 valence electrons. The Morgan fingerprint density at radius 1 is 1.20 bits per heavy atom. The summed E-state index contributed by atoms with van der Waals surface area (Å²) in [7, 11) is 1.62. The fourth-order valence-corrected chi connectivity index (χ4v) is 7.98.